The van der Waals surface area contributed by atoms with Crippen LogP contribution in [0.2, 0.25) is 0 Å². The van der Waals surface area contributed by atoms with Crippen LogP contribution in [0.3, 0.4) is 0 Å². The molecule has 4 rings (SSSR count). The van der Waals surface area contributed by atoms with Gasteiger partial charge in [0.1, 0.15) is 5.75 Å². The topological polar surface area (TPSA) is 54.6 Å². The van der Waals surface area contributed by atoms with Gasteiger partial charge in [-0.2, -0.15) is 0 Å². The van der Waals surface area contributed by atoms with Crippen molar-refractivity contribution >= 4 is 0 Å². The lowest BCUT2D eigenvalue weighted by Crippen LogP contribution is -2.46. The number of aromatic nitrogens is 2. The number of alkyl halides is 3. The Morgan fingerprint density at radius 2 is 1.65 bits per heavy atom. The molecule has 2 heterocycles. The Morgan fingerprint density at radius 3 is 2.29 bits per heavy atom. The molecule has 0 bridgehead atoms. The summed E-state index contributed by atoms with van der Waals surface area (Å²) in [5, 5.41) is 8.39. The van der Waals surface area contributed by atoms with Crippen LogP contribution in [-0.4, -0.2) is 52.5 Å². The molecule has 164 valence electrons. The fourth-order valence-electron chi connectivity index (χ4n) is 3.62. The third-order valence-corrected chi connectivity index (χ3v) is 5.34. The number of nitrogens with zero attached hydrogens (tertiary/aromatic N) is 4. The fraction of sp³-hybridized carbons (Fsp3) is 0.364. The van der Waals surface area contributed by atoms with Crippen molar-refractivity contribution in [3.63, 3.8) is 0 Å². The van der Waals surface area contributed by atoms with E-state index in [0.29, 0.717) is 18.3 Å². The summed E-state index contributed by atoms with van der Waals surface area (Å²) in [7, 11) is 0. The molecule has 0 N–H and O–H groups in total. The molecule has 0 amide bonds. The van der Waals surface area contributed by atoms with Crippen LogP contribution in [0.15, 0.2) is 59.0 Å². The molecular formula is C22H23F3N4O2. The van der Waals surface area contributed by atoms with Gasteiger partial charge in [-0.15, -0.1) is 23.4 Å². The number of hydrogen-bond acceptors (Lipinski definition) is 6. The highest BCUT2D eigenvalue weighted by atomic mass is 19.4. The van der Waals surface area contributed by atoms with E-state index in [9.17, 15) is 13.2 Å². The second-order valence-electron chi connectivity index (χ2n) is 7.49. The predicted octanol–water partition coefficient (Wildman–Crippen LogP) is 4.51. The maximum atomic E-state index is 12.3. The summed E-state index contributed by atoms with van der Waals surface area (Å²) >= 11 is 0. The van der Waals surface area contributed by atoms with E-state index < -0.39 is 6.36 Å². The molecule has 9 heteroatoms. The van der Waals surface area contributed by atoms with E-state index in [1.165, 1.54) is 12.1 Å². The van der Waals surface area contributed by atoms with Gasteiger partial charge in [0, 0.05) is 38.3 Å². The van der Waals surface area contributed by atoms with Crippen molar-refractivity contribution in [1.82, 2.24) is 20.0 Å². The Morgan fingerprint density at radius 1 is 0.968 bits per heavy atom. The molecule has 1 aromatic heterocycles. The Labute approximate surface area is 178 Å². The van der Waals surface area contributed by atoms with E-state index in [0.717, 1.165) is 37.3 Å². The van der Waals surface area contributed by atoms with Crippen molar-refractivity contribution in [2.24, 2.45) is 0 Å². The lowest BCUT2D eigenvalue weighted by Gasteiger charge is -2.36. The highest BCUT2D eigenvalue weighted by Gasteiger charge is 2.31. The van der Waals surface area contributed by atoms with Crippen LogP contribution in [0.25, 0.3) is 11.5 Å². The lowest BCUT2D eigenvalue weighted by atomic mass is 10.1. The van der Waals surface area contributed by atoms with Gasteiger partial charge in [0.25, 0.3) is 0 Å². The highest BCUT2D eigenvalue weighted by Crippen LogP contribution is 2.26. The minimum Gasteiger partial charge on any atom is -0.419 e. The molecular weight excluding hydrogens is 409 g/mol. The number of rotatable bonds is 6. The van der Waals surface area contributed by atoms with Crippen molar-refractivity contribution < 1.29 is 22.3 Å². The van der Waals surface area contributed by atoms with Crippen LogP contribution in [-0.2, 0) is 6.54 Å². The van der Waals surface area contributed by atoms with Crippen molar-refractivity contribution in [3.05, 3.63) is 66.1 Å². The number of piperazine rings is 1. The first kappa shape index (κ1) is 21.3. The normalized spacial score (nSPS) is 16.9. The highest BCUT2D eigenvalue weighted by molar-refractivity contribution is 5.51. The summed E-state index contributed by atoms with van der Waals surface area (Å²) < 4.78 is 46.6. The zero-order valence-corrected chi connectivity index (χ0v) is 17.0. The summed E-state index contributed by atoms with van der Waals surface area (Å²) in [5.74, 6) is 0.899. The maximum absolute atomic E-state index is 12.3. The first-order valence-corrected chi connectivity index (χ1v) is 10.1. The van der Waals surface area contributed by atoms with Crippen molar-refractivity contribution in [2.75, 3.05) is 26.2 Å². The van der Waals surface area contributed by atoms with Gasteiger partial charge in [-0.05, 0) is 36.8 Å². The molecule has 2 aromatic carbocycles. The van der Waals surface area contributed by atoms with Gasteiger partial charge >= 0.3 is 6.36 Å². The Kier molecular flexibility index (Phi) is 6.24. The summed E-state index contributed by atoms with van der Waals surface area (Å²) in [6.45, 7) is 6.07. The Balaban J connectivity index is 1.29. The Hall–Kier alpha value is -2.91. The fourth-order valence-corrected chi connectivity index (χ4v) is 3.62. The zero-order valence-electron chi connectivity index (χ0n) is 17.0. The molecule has 1 unspecified atom stereocenters. The van der Waals surface area contributed by atoms with Gasteiger partial charge in [-0.25, -0.2) is 0 Å². The molecule has 1 atom stereocenters. The van der Waals surface area contributed by atoms with Crippen LogP contribution in [0.5, 0.6) is 5.75 Å². The second kappa shape index (κ2) is 9.07. The van der Waals surface area contributed by atoms with E-state index in [-0.39, 0.29) is 11.8 Å². The predicted molar refractivity (Wildman–Crippen MR) is 108 cm³/mol. The minimum absolute atomic E-state index is 0.00548. The van der Waals surface area contributed by atoms with Crippen molar-refractivity contribution in [3.8, 4) is 17.2 Å². The van der Waals surface area contributed by atoms with Gasteiger partial charge in [0.05, 0.1) is 6.04 Å². The quantitative estimate of drug-likeness (QED) is 0.571. The molecule has 0 saturated carbocycles. The first-order valence-electron chi connectivity index (χ1n) is 10.1. The van der Waals surface area contributed by atoms with Gasteiger partial charge in [-0.1, -0.05) is 30.3 Å². The second-order valence-corrected chi connectivity index (χ2v) is 7.49. The smallest absolute Gasteiger partial charge is 0.419 e. The molecule has 1 saturated heterocycles. The third-order valence-electron chi connectivity index (χ3n) is 5.34. The molecule has 0 spiro atoms. The van der Waals surface area contributed by atoms with E-state index in [1.807, 2.05) is 30.3 Å². The van der Waals surface area contributed by atoms with Gasteiger partial charge in [0.2, 0.25) is 11.8 Å². The van der Waals surface area contributed by atoms with E-state index >= 15 is 0 Å². The average molecular weight is 432 g/mol. The van der Waals surface area contributed by atoms with Crippen LogP contribution in [0, 0.1) is 0 Å². The summed E-state index contributed by atoms with van der Waals surface area (Å²) in [6, 6.07) is 15.7. The summed E-state index contributed by atoms with van der Waals surface area (Å²) in [5.41, 5.74) is 1.84. The molecule has 1 aliphatic heterocycles. The number of hydrogen-bond donors (Lipinski definition) is 0. The van der Waals surface area contributed by atoms with Crippen LogP contribution in [0.1, 0.15) is 24.4 Å². The third kappa shape index (κ3) is 5.62. The van der Waals surface area contributed by atoms with E-state index in [2.05, 4.69) is 31.7 Å². The van der Waals surface area contributed by atoms with Crippen LogP contribution in [0.4, 0.5) is 13.2 Å². The molecule has 6 nitrogen and oxygen atoms in total. The molecule has 31 heavy (non-hydrogen) atoms. The minimum atomic E-state index is -4.67. The summed E-state index contributed by atoms with van der Waals surface area (Å²) in [6.07, 6.45) is -4.67. The van der Waals surface area contributed by atoms with Crippen LogP contribution >= 0.6 is 0 Å². The molecule has 0 radical (unpaired) electrons. The number of halogens is 3. The first-order chi connectivity index (χ1) is 14.9. The standard InChI is InChI=1S/C22H23F3N4O2/c1-16(20-26-27-21(30-20)18-5-3-2-4-6-18)29-13-11-28(12-14-29)15-17-7-9-19(10-8-17)31-22(23,24)25/h2-10,16H,11-15H2,1H3. The zero-order chi connectivity index (χ0) is 21.8. The largest absolute Gasteiger partial charge is 0.573 e. The SMILES string of the molecule is CC(c1nnc(-c2ccccc2)o1)N1CCN(Cc2ccc(OC(F)(F)F)cc2)CC1. The molecule has 1 fully saturated rings. The van der Waals surface area contributed by atoms with Crippen molar-refractivity contribution in [2.45, 2.75) is 25.9 Å². The van der Waals surface area contributed by atoms with Gasteiger partial charge in [-0.3, -0.25) is 9.80 Å². The van der Waals surface area contributed by atoms with Gasteiger partial charge in [0.15, 0.2) is 0 Å². The molecule has 1 aliphatic rings. The van der Waals surface area contributed by atoms with E-state index in [1.54, 1.807) is 12.1 Å². The number of ether oxygens (including phenoxy) is 1. The maximum Gasteiger partial charge on any atom is 0.573 e. The van der Waals surface area contributed by atoms with E-state index in [4.69, 9.17) is 4.42 Å². The molecule has 3 aromatic rings. The van der Waals surface area contributed by atoms with Crippen molar-refractivity contribution in [1.29, 1.82) is 0 Å². The number of benzene rings is 2. The average Bonchev–Trinajstić information content (AvgIpc) is 3.25. The monoisotopic (exact) mass is 432 g/mol. The van der Waals surface area contributed by atoms with Crippen LogP contribution < -0.4 is 4.74 Å². The molecule has 0 aliphatic carbocycles. The van der Waals surface area contributed by atoms with Gasteiger partial charge < -0.3 is 9.15 Å². The summed E-state index contributed by atoms with van der Waals surface area (Å²) in [4.78, 5) is 4.56. The lowest BCUT2D eigenvalue weighted by molar-refractivity contribution is -0.274. The Bertz CT molecular complexity index is 968.